The summed E-state index contributed by atoms with van der Waals surface area (Å²) in [5, 5.41) is 4.43. The summed E-state index contributed by atoms with van der Waals surface area (Å²) in [4.78, 5) is 28.4. The Balaban J connectivity index is 2.03. The van der Waals surface area contributed by atoms with Crippen LogP contribution in [0.1, 0.15) is 39.7 Å². The Hall–Kier alpha value is -3.46. The maximum absolute atomic E-state index is 13.8. The fourth-order valence-electron chi connectivity index (χ4n) is 4.18. The third-order valence-electron chi connectivity index (χ3n) is 5.86. The van der Waals surface area contributed by atoms with E-state index in [-0.39, 0.29) is 12.5 Å². The van der Waals surface area contributed by atoms with Crippen LogP contribution in [0.4, 0.5) is 10.1 Å². The molecule has 1 unspecified atom stereocenters. The topological polar surface area (TPSA) is 86.8 Å². The zero-order valence-electron chi connectivity index (χ0n) is 21.9. The lowest BCUT2D eigenvalue weighted by Gasteiger charge is -2.34. The molecule has 0 radical (unpaired) electrons. The molecule has 2 amide bonds. The maximum Gasteiger partial charge on any atom is 0.244 e. The quantitative estimate of drug-likeness (QED) is 0.445. The van der Waals surface area contributed by atoms with Crippen molar-refractivity contribution < 1.29 is 22.4 Å². The van der Waals surface area contributed by atoms with Crippen molar-refractivity contribution in [1.82, 2.24) is 10.2 Å². The number of amides is 2. The van der Waals surface area contributed by atoms with E-state index in [2.05, 4.69) is 5.32 Å². The van der Waals surface area contributed by atoms with Crippen LogP contribution in [0.2, 0.25) is 0 Å². The van der Waals surface area contributed by atoms with Gasteiger partial charge < -0.3 is 10.2 Å². The molecule has 0 spiro atoms. The second-order valence-corrected chi connectivity index (χ2v) is 12.0. The largest absolute Gasteiger partial charge is 0.350 e. The molecule has 0 aliphatic heterocycles. The predicted octanol–water partition coefficient (Wildman–Crippen LogP) is 4.47. The predicted molar refractivity (Wildman–Crippen MR) is 145 cm³/mol. The van der Waals surface area contributed by atoms with E-state index in [0.717, 1.165) is 15.9 Å². The van der Waals surface area contributed by atoms with Gasteiger partial charge in [-0.05, 0) is 56.3 Å². The SMILES string of the molecule is CCC(C(=O)NC(C)(C)C)N(Cc1ccc(F)cc1)C(=O)CN(c1cccc2ccccc12)S(C)(=O)=O. The average molecular weight is 528 g/mol. The Bertz CT molecular complexity index is 1360. The molecule has 0 heterocycles. The molecule has 0 aliphatic rings. The first-order valence-electron chi connectivity index (χ1n) is 12.1. The molecule has 3 rings (SSSR count). The number of rotatable bonds is 9. The molecule has 0 fully saturated rings. The zero-order chi connectivity index (χ0) is 27.4. The number of hydrogen-bond acceptors (Lipinski definition) is 4. The molecule has 9 heteroatoms. The molecule has 0 saturated carbocycles. The van der Waals surface area contributed by atoms with Crippen molar-refractivity contribution in [2.24, 2.45) is 0 Å². The highest BCUT2D eigenvalue weighted by atomic mass is 32.2. The molecule has 7 nitrogen and oxygen atoms in total. The van der Waals surface area contributed by atoms with Crippen molar-refractivity contribution >= 4 is 38.3 Å². The van der Waals surface area contributed by atoms with Gasteiger partial charge in [-0.3, -0.25) is 13.9 Å². The fraction of sp³-hybridized carbons (Fsp3) is 0.357. The van der Waals surface area contributed by atoms with Gasteiger partial charge in [0.2, 0.25) is 21.8 Å². The maximum atomic E-state index is 13.8. The van der Waals surface area contributed by atoms with E-state index < -0.39 is 39.9 Å². The molecule has 37 heavy (non-hydrogen) atoms. The minimum absolute atomic E-state index is 0.0162. The third kappa shape index (κ3) is 7.29. The van der Waals surface area contributed by atoms with E-state index in [9.17, 15) is 22.4 Å². The first-order valence-corrected chi connectivity index (χ1v) is 14.0. The summed E-state index contributed by atoms with van der Waals surface area (Å²) in [6, 6.07) is 17.4. The van der Waals surface area contributed by atoms with E-state index >= 15 is 0 Å². The third-order valence-corrected chi connectivity index (χ3v) is 6.99. The Labute approximate surface area is 218 Å². The van der Waals surface area contributed by atoms with Crippen LogP contribution in [0.15, 0.2) is 66.7 Å². The minimum Gasteiger partial charge on any atom is -0.350 e. The molecule has 198 valence electrons. The Kier molecular flexibility index (Phi) is 8.58. The van der Waals surface area contributed by atoms with Crippen molar-refractivity contribution in [3.63, 3.8) is 0 Å². The van der Waals surface area contributed by atoms with E-state index in [4.69, 9.17) is 0 Å². The molecule has 3 aromatic carbocycles. The number of fused-ring (bicyclic) bond motifs is 1. The number of benzene rings is 3. The highest BCUT2D eigenvalue weighted by Crippen LogP contribution is 2.29. The van der Waals surface area contributed by atoms with Gasteiger partial charge in [0.25, 0.3) is 0 Å². The van der Waals surface area contributed by atoms with Gasteiger partial charge in [0.1, 0.15) is 18.4 Å². The molecule has 1 N–H and O–H groups in total. The van der Waals surface area contributed by atoms with Gasteiger partial charge in [-0.15, -0.1) is 0 Å². The molecule has 1 atom stereocenters. The van der Waals surface area contributed by atoms with Crippen molar-refractivity contribution in [3.8, 4) is 0 Å². The van der Waals surface area contributed by atoms with E-state index in [0.29, 0.717) is 23.1 Å². The number of nitrogens with one attached hydrogen (secondary N) is 1. The smallest absolute Gasteiger partial charge is 0.244 e. The van der Waals surface area contributed by atoms with Gasteiger partial charge >= 0.3 is 0 Å². The fourth-order valence-corrected chi connectivity index (χ4v) is 5.04. The first kappa shape index (κ1) is 28.1. The van der Waals surface area contributed by atoms with Crippen LogP contribution in [0.25, 0.3) is 10.8 Å². The number of carbonyl (C=O) groups is 2. The van der Waals surface area contributed by atoms with Gasteiger partial charge in [-0.2, -0.15) is 0 Å². The number of halogens is 1. The van der Waals surface area contributed by atoms with E-state index in [1.807, 2.05) is 39.0 Å². The van der Waals surface area contributed by atoms with Gasteiger partial charge in [0.15, 0.2) is 0 Å². The molecular formula is C28H34FN3O4S. The van der Waals surface area contributed by atoms with E-state index in [1.54, 1.807) is 43.3 Å². The summed E-state index contributed by atoms with van der Waals surface area (Å²) in [7, 11) is -3.86. The summed E-state index contributed by atoms with van der Waals surface area (Å²) >= 11 is 0. The van der Waals surface area contributed by atoms with Crippen LogP contribution in [0.5, 0.6) is 0 Å². The van der Waals surface area contributed by atoms with Crippen LogP contribution in [-0.4, -0.2) is 49.5 Å². The summed E-state index contributed by atoms with van der Waals surface area (Å²) in [5.74, 6) is -1.31. The van der Waals surface area contributed by atoms with Crippen LogP contribution in [0, 0.1) is 5.82 Å². The van der Waals surface area contributed by atoms with Gasteiger partial charge in [0, 0.05) is 17.5 Å². The zero-order valence-corrected chi connectivity index (χ0v) is 22.7. The number of nitrogens with zero attached hydrogens (tertiary/aromatic N) is 2. The molecule has 0 aliphatic carbocycles. The number of carbonyl (C=O) groups excluding carboxylic acids is 2. The lowest BCUT2D eigenvalue weighted by atomic mass is 10.1. The minimum atomic E-state index is -3.86. The monoisotopic (exact) mass is 527 g/mol. The van der Waals surface area contributed by atoms with Crippen molar-refractivity contribution in [3.05, 3.63) is 78.1 Å². The lowest BCUT2D eigenvalue weighted by molar-refractivity contribution is -0.141. The highest BCUT2D eigenvalue weighted by Gasteiger charge is 2.33. The highest BCUT2D eigenvalue weighted by molar-refractivity contribution is 7.92. The van der Waals surface area contributed by atoms with Crippen molar-refractivity contribution in [2.75, 3.05) is 17.1 Å². The van der Waals surface area contributed by atoms with E-state index in [1.165, 1.54) is 17.0 Å². The van der Waals surface area contributed by atoms with Crippen LogP contribution in [-0.2, 0) is 26.2 Å². The Morgan fingerprint density at radius 3 is 2.19 bits per heavy atom. The van der Waals surface area contributed by atoms with Gasteiger partial charge in [0.05, 0.1) is 11.9 Å². The summed E-state index contributed by atoms with van der Waals surface area (Å²) in [6.45, 7) is 6.84. The van der Waals surface area contributed by atoms with Gasteiger partial charge in [-0.25, -0.2) is 12.8 Å². The standard InChI is InChI=1S/C28H34FN3O4S/c1-6-24(27(34)30-28(2,3)4)31(18-20-14-16-22(29)17-15-20)26(33)19-32(37(5,35)36)25-13-9-11-21-10-7-8-12-23(21)25/h7-17,24H,6,18-19H2,1-5H3,(H,30,34). The number of sulfonamides is 1. The molecule has 0 aromatic heterocycles. The molecule has 0 saturated heterocycles. The number of hydrogen-bond donors (Lipinski definition) is 1. The Morgan fingerprint density at radius 1 is 0.973 bits per heavy atom. The molecule has 0 bridgehead atoms. The van der Waals surface area contributed by atoms with Crippen molar-refractivity contribution in [2.45, 2.75) is 52.2 Å². The summed E-state index contributed by atoms with van der Waals surface area (Å²) < 4.78 is 40.4. The van der Waals surface area contributed by atoms with Crippen LogP contribution in [0.3, 0.4) is 0 Å². The first-order chi connectivity index (χ1) is 17.3. The number of anilines is 1. The summed E-state index contributed by atoms with van der Waals surface area (Å²) in [6.07, 6.45) is 1.36. The lowest BCUT2D eigenvalue weighted by Crippen LogP contribution is -2.55. The van der Waals surface area contributed by atoms with Crippen molar-refractivity contribution in [1.29, 1.82) is 0 Å². The second kappa shape index (κ2) is 11.3. The average Bonchev–Trinajstić information content (AvgIpc) is 2.81. The molecule has 3 aromatic rings. The van der Waals surface area contributed by atoms with Crippen LogP contribution >= 0.6 is 0 Å². The Morgan fingerprint density at radius 2 is 1.59 bits per heavy atom. The molecular weight excluding hydrogens is 493 g/mol. The second-order valence-electron chi connectivity index (χ2n) is 10.1. The van der Waals surface area contributed by atoms with Gasteiger partial charge in [-0.1, -0.05) is 55.5 Å². The van der Waals surface area contributed by atoms with Crippen LogP contribution < -0.4 is 9.62 Å². The summed E-state index contributed by atoms with van der Waals surface area (Å²) in [5.41, 5.74) is 0.465. The normalized spacial score (nSPS) is 12.7.